The van der Waals surface area contributed by atoms with Crippen molar-refractivity contribution in [2.24, 2.45) is 5.10 Å². The number of non-ortho nitro benzene ring substituents is 1. The van der Waals surface area contributed by atoms with Gasteiger partial charge in [-0.2, -0.15) is 5.10 Å². The molecule has 1 amide bonds. The van der Waals surface area contributed by atoms with Crippen molar-refractivity contribution in [2.75, 3.05) is 7.11 Å². The van der Waals surface area contributed by atoms with E-state index in [1.165, 1.54) is 19.4 Å². The quantitative estimate of drug-likeness (QED) is 0.457. The SMILES string of the molecule is COc1ccccc1/C=N\NC(=O)Cc1ccc([N+](=O)[O-])cc1[N+](=O)[O-]. The maximum absolute atomic E-state index is 11.9. The number of ether oxygens (including phenoxy) is 1. The fraction of sp³-hybridized carbons (Fsp3) is 0.125. The van der Waals surface area contributed by atoms with E-state index in [0.29, 0.717) is 11.3 Å². The summed E-state index contributed by atoms with van der Waals surface area (Å²) in [6.07, 6.45) is 1.03. The van der Waals surface area contributed by atoms with Gasteiger partial charge in [0, 0.05) is 17.2 Å². The summed E-state index contributed by atoms with van der Waals surface area (Å²) >= 11 is 0. The second-order valence-corrected chi connectivity index (χ2v) is 5.04. The molecule has 10 heteroatoms. The van der Waals surface area contributed by atoms with Crippen LogP contribution in [0.25, 0.3) is 0 Å². The molecule has 0 aliphatic rings. The average Bonchev–Trinajstić information content (AvgIpc) is 2.62. The van der Waals surface area contributed by atoms with Crippen LogP contribution in [0.2, 0.25) is 0 Å². The summed E-state index contributed by atoms with van der Waals surface area (Å²) in [5, 5.41) is 25.6. The Balaban J connectivity index is 2.09. The lowest BCUT2D eigenvalue weighted by atomic mass is 10.1. The lowest BCUT2D eigenvalue weighted by Gasteiger charge is -2.04. The first-order valence-corrected chi connectivity index (χ1v) is 7.29. The molecule has 0 fully saturated rings. The van der Waals surface area contributed by atoms with Crippen molar-refractivity contribution in [3.8, 4) is 5.75 Å². The van der Waals surface area contributed by atoms with Gasteiger partial charge in [0.05, 0.1) is 35.7 Å². The van der Waals surface area contributed by atoms with E-state index in [-0.39, 0.29) is 12.0 Å². The topological polar surface area (TPSA) is 137 Å². The second-order valence-electron chi connectivity index (χ2n) is 5.04. The van der Waals surface area contributed by atoms with Crippen LogP contribution in [0, 0.1) is 20.2 Å². The Labute approximate surface area is 147 Å². The van der Waals surface area contributed by atoms with Crippen LogP contribution in [0.1, 0.15) is 11.1 Å². The molecule has 2 aromatic rings. The highest BCUT2D eigenvalue weighted by molar-refractivity contribution is 5.86. The van der Waals surface area contributed by atoms with E-state index < -0.39 is 27.1 Å². The molecule has 0 saturated carbocycles. The Morgan fingerprint density at radius 2 is 1.92 bits per heavy atom. The summed E-state index contributed by atoms with van der Waals surface area (Å²) in [5.74, 6) is -0.0374. The van der Waals surface area contributed by atoms with Gasteiger partial charge in [0.2, 0.25) is 5.91 Å². The van der Waals surface area contributed by atoms with Crippen LogP contribution >= 0.6 is 0 Å². The zero-order chi connectivity index (χ0) is 19.1. The van der Waals surface area contributed by atoms with Crippen LogP contribution in [0.15, 0.2) is 47.6 Å². The molecule has 26 heavy (non-hydrogen) atoms. The molecule has 0 aliphatic heterocycles. The summed E-state index contributed by atoms with van der Waals surface area (Å²) in [5.41, 5.74) is 2.02. The van der Waals surface area contributed by atoms with Gasteiger partial charge < -0.3 is 4.74 Å². The van der Waals surface area contributed by atoms with Crippen molar-refractivity contribution in [1.82, 2.24) is 5.43 Å². The molecule has 0 aliphatic carbocycles. The minimum Gasteiger partial charge on any atom is -0.496 e. The van der Waals surface area contributed by atoms with E-state index in [2.05, 4.69) is 10.5 Å². The molecule has 0 heterocycles. The highest BCUT2D eigenvalue weighted by Gasteiger charge is 2.20. The van der Waals surface area contributed by atoms with Gasteiger partial charge in [0.15, 0.2) is 0 Å². The third-order valence-electron chi connectivity index (χ3n) is 3.36. The Morgan fingerprint density at radius 3 is 2.58 bits per heavy atom. The van der Waals surface area contributed by atoms with Crippen LogP contribution < -0.4 is 10.2 Å². The highest BCUT2D eigenvalue weighted by Crippen LogP contribution is 2.25. The molecule has 0 atom stereocenters. The van der Waals surface area contributed by atoms with Crippen LogP contribution in [0.5, 0.6) is 5.75 Å². The second kappa shape index (κ2) is 8.33. The molecule has 10 nitrogen and oxygen atoms in total. The molecule has 0 aromatic heterocycles. The summed E-state index contributed by atoms with van der Waals surface area (Å²) in [7, 11) is 1.50. The molecule has 0 bridgehead atoms. The summed E-state index contributed by atoms with van der Waals surface area (Å²) in [4.78, 5) is 32.2. The van der Waals surface area contributed by atoms with Crippen LogP contribution in [-0.4, -0.2) is 29.1 Å². The van der Waals surface area contributed by atoms with Crippen molar-refractivity contribution in [2.45, 2.75) is 6.42 Å². The van der Waals surface area contributed by atoms with Gasteiger partial charge >= 0.3 is 0 Å². The predicted octanol–water partition coefficient (Wildman–Crippen LogP) is 2.20. The number of hydrazone groups is 1. The van der Waals surface area contributed by atoms with Crippen molar-refractivity contribution in [1.29, 1.82) is 0 Å². The predicted molar refractivity (Wildman–Crippen MR) is 92.2 cm³/mol. The Hall–Kier alpha value is -3.82. The summed E-state index contributed by atoms with van der Waals surface area (Å²) in [6, 6.07) is 10.1. The van der Waals surface area contributed by atoms with Crippen LogP contribution in [0.3, 0.4) is 0 Å². The Kier molecular flexibility index (Phi) is 5.93. The van der Waals surface area contributed by atoms with Gasteiger partial charge in [-0.05, 0) is 18.2 Å². The smallest absolute Gasteiger partial charge is 0.279 e. The minimum atomic E-state index is -0.770. The first-order valence-electron chi connectivity index (χ1n) is 7.29. The molecule has 2 rings (SSSR count). The fourth-order valence-electron chi connectivity index (χ4n) is 2.14. The van der Waals surface area contributed by atoms with Crippen LogP contribution in [-0.2, 0) is 11.2 Å². The van der Waals surface area contributed by atoms with Gasteiger partial charge in [-0.25, -0.2) is 5.43 Å². The van der Waals surface area contributed by atoms with Crippen LogP contribution in [0.4, 0.5) is 11.4 Å². The molecule has 0 radical (unpaired) electrons. The lowest BCUT2D eigenvalue weighted by Crippen LogP contribution is -2.20. The van der Waals surface area contributed by atoms with Gasteiger partial charge in [-0.3, -0.25) is 25.0 Å². The lowest BCUT2D eigenvalue weighted by molar-refractivity contribution is -0.394. The number of nitro benzene ring substituents is 2. The number of benzene rings is 2. The molecular weight excluding hydrogens is 344 g/mol. The normalized spacial score (nSPS) is 10.5. The average molecular weight is 358 g/mol. The van der Waals surface area contributed by atoms with Crippen molar-refractivity contribution < 1.29 is 19.4 Å². The summed E-state index contributed by atoms with van der Waals surface area (Å²) in [6.45, 7) is 0. The van der Waals surface area contributed by atoms with E-state index >= 15 is 0 Å². The van der Waals surface area contributed by atoms with E-state index in [0.717, 1.165) is 12.1 Å². The first-order chi connectivity index (χ1) is 12.4. The number of nitrogens with one attached hydrogen (secondary N) is 1. The molecular formula is C16H14N4O6. The number of hydrogen-bond donors (Lipinski definition) is 1. The van der Waals surface area contributed by atoms with Gasteiger partial charge in [-0.15, -0.1) is 0 Å². The highest BCUT2D eigenvalue weighted by atomic mass is 16.6. The zero-order valence-corrected chi connectivity index (χ0v) is 13.6. The molecule has 0 spiro atoms. The molecule has 1 N–H and O–H groups in total. The van der Waals surface area contributed by atoms with E-state index in [1.54, 1.807) is 24.3 Å². The Bertz CT molecular complexity index is 881. The number of methoxy groups -OCH3 is 1. The van der Waals surface area contributed by atoms with Gasteiger partial charge in [0.25, 0.3) is 11.4 Å². The molecule has 134 valence electrons. The van der Waals surface area contributed by atoms with E-state index in [1.807, 2.05) is 0 Å². The number of carbonyl (C=O) groups excluding carboxylic acids is 1. The van der Waals surface area contributed by atoms with Gasteiger partial charge in [0.1, 0.15) is 5.75 Å². The fourth-order valence-corrected chi connectivity index (χ4v) is 2.14. The number of para-hydroxylation sites is 1. The largest absolute Gasteiger partial charge is 0.496 e. The number of carbonyl (C=O) groups is 1. The number of hydrogen-bond acceptors (Lipinski definition) is 7. The zero-order valence-electron chi connectivity index (χ0n) is 13.6. The van der Waals surface area contributed by atoms with E-state index in [9.17, 15) is 25.0 Å². The number of nitrogens with zero attached hydrogens (tertiary/aromatic N) is 3. The molecule has 2 aromatic carbocycles. The maximum Gasteiger partial charge on any atom is 0.279 e. The maximum atomic E-state index is 11.9. The minimum absolute atomic E-state index is 0.0468. The number of amides is 1. The monoisotopic (exact) mass is 358 g/mol. The van der Waals surface area contributed by atoms with E-state index in [4.69, 9.17) is 4.74 Å². The standard InChI is InChI=1S/C16H14N4O6/c1-26-15-5-3-2-4-12(15)10-17-18-16(21)8-11-6-7-13(19(22)23)9-14(11)20(24)25/h2-7,9-10H,8H2,1H3,(H,18,21)/b17-10-. The van der Waals surface area contributed by atoms with Crippen molar-refractivity contribution in [3.05, 3.63) is 73.8 Å². The number of rotatable bonds is 7. The summed E-state index contributed by atoms with van der Waals surface area (Å²) < 4.78 is 5.14. The third kappa shape index (κ3) is 4.60. The van der Waals surface area contributed by atoms with Gasteiger partial charge in [-0.1, -0.05) is 12.1 Å². The first kappa shape index (κ1) is 18.5. The molecule has 0 saturated heterocycles. The van der Waals surface area contributed by atoms with Crippen molar-refractivity contribution in [3.63, 3.8) is 0 Å². The Morgan fingerprint density at radius 1 is 1.19 bits per heavy atom. The third-order valence-corrected chi connectivity index (χ3v) is 3.36. The van der Waals surface area contributed by atoms with Crippen molar-refractivity contribution >= 4 is 23.5 Å². The number of nitro groups is 2. The molecule has 0 unspecified atom stereocenters.